The van der Waals surface area contributed by atoms with Crippen molar-refractivity contribution in [3.05, 3.63) is 285 Å². The molecule has 10 nitrogen and oxygen atoms in total. The third-order valence-corrected chi connectivity index (χ3v) is 16.7. The topological polar surface area (TPSA) is 119 Å². The number of benzene rings is 6. The molecule has 0 spiro atoms. The molecule has 0 aliphatic carbocycles. The molecule has 0 saturated heterocycles. The molecule has 11 heteroatoms. The lowest BCUT2D eigenvalue weighted by molar-refractivity contribution is 0.0996. The van der Waals surface area contributed by atoms with E-state index < -0.39 is 21.1 Å². The molecule has 2 unspecified atom stereocenters. The highest BCUT2D eigenvalue weighted by Gasteiger charge is 2.55. The van der Waals surface area contributed by atoms with Gasteiger partial charge in [-0.1, -0.05) is 146 Å². The maximum absolute atomic E-state index is 11.7. The second-order valence-electron chi connectivity index (χ2n) is 17.6. The van der Waals surface area contributed by atoms with Gasteiger partial charge in [0.1, 0.15) is 11.5 Å². The Morgan fingerprint density at radius 2 is 0.767 bits per heavy atom. The number of hydrogen-bond donors (Lipinski definition) is 0. The zero-order valence-corrected chi connectivity index (χ0v) is 40.8. The molecule has 0 fully saturated rings. The molecule has 0 amide bonds. The van der Waals surface area contributed by atoms with Crippen LogP contribution in [0.5, 0.6) is 11.5 Å². The second-order valence-corrected chi connectivity index (χ2v) is 20.1. The Morgan fingerprint density at radius 1 is 0.411 bits per heavy atom. The van der Waals surface area contributed by atoms with Gasteiger partial charge in [-0.2, -0.15) is 10.5 Å². The van der Waals surface area contributed by atoms with Crippen LogP contribution in [-0.4, -0.2) is 43.0 Å². The molecule has 4 aliphatic rings. The number of ether oxygens (including phenoxy) is 2. The molecule has 350 valence electrons. The molecule has 6 heterocycles. The van der Waals surface area contributed by atoms with Crippen LogP contribution in [-0.2, 0) is 8.85 Å². The highest BCUT2D eigenvalue weighted by Crippen LogP contribution is 2.43. The zero-order valence-electron chi connectivity index (χ0n) is 39.8. The largest absolute Gasteiger partial charge is 0.601 e. The minimum Gasteiger partial charge on any atom is -0.497 e. The number of fused-ring (bicyclic) bond motifs is 2. The van der Waals surface area contributed by atoms with E-state index in [1.165, 1.54) is 0 Å². The number of rotatable bonds is 12. The van der Waals surface area contributed by atoms with Crippen molar-refractivity contribution in [2.24, 2.45) is 9.98 Å². The van der Waals surface area contributed by atoms with Gasteiger partial charge < -0.3 is 26.8 Å². The molecule has 12 rings (SSSR count). The Balaban J connectivity index is 1.37. The Kier molecular flexibility index (Phi) is 11.5. The fourth-order valence-electron chi connectivity index (χ4n) is 10.2. The minimum atomic E-state index is -4.96. The highest BCUT2D eigenvalue weighted by molar-refractivity contribution is 6.65. The lowest BCUT2D eigenvalue weighted by Gasteiger charge is -2.39. The first-order chi connectivity index (χ1) is 36.0. The Labute approximate surface area is 423 Å². The van der Waals surface area contributed by atoms with Gasteiger partial charge in [-0.15, -0.1) is 0 Å². The van der Waals surface area contributed by atoms with Gasteiger partial charge in [0.15, 0.2) is 12.2 Å². The van der Waals surface area contributed by atoms with Crippen molar-refractivity contribution in [3.8, 4) is 23.6 Å². The summed E-state index contributed by atoms with van der Waals surface area (Å²) in [4.78, 5) is 11.1. The Morgan fingerprint density at radius 3 is 1.11 bits per heavy atom. The van der Waals surface area contributed by atoms with Crippen molar-refractivity contribution >= 4 is 42.6 Å². The summed E-state index contributed by atoms with van der Waals surface area (Å²) in [5.74, 6) is 1.24. The van der Waals surface area contributed by atoms with Crippen molar-refractivity contribution in [3.63, 3.8) is 0 Å². The molecule has 6 bridgehead atoms. The number of nitrogens with zero attached hydrogens (tertiary/aromatic N) is 6. The maximum Gasteiger partial charge on any atom is 0.601 e. The van der Waals surface area contributed by atoms with Crippen LogP contribution in [0.3, 0.4) is 0 Å². The van der Waals surface area contributed by atoms with E-state index >= 15 is 0 Å². The van der Waals surface area contributed by atoms with Crippen LogP contribution >= 0.6 is 0 Å². The Bertz CT molecular complexity index is 3630. The molecule has 0 saturated carbocycles. The number of allylic oxidation sites excluding steroid dienone is 4. The SMILES string of the molecule is COc1ccc(C(C#N)O[Si]2(OC(C#N)c3ccc(OC)cc3)n3c4ccc3C(c3ccccc3)=C3C=CC(=N3)C(c3ccccc3)=c3ccc(n32)=C(c2ccccc2)C2=NC(=C4c3ccccc3)C=C2)cc1. The van der Waals surface area contributed by atoms with E-state index in [0.29, 0.717) is 67.5 Å². The van der Waals surface area contributed by atoms with Gasteiger partial charge in [0.2, 0.25) is 0 Å². The molecule has 2 aromatic heterocycles. The lowest BCUT2D eigenvalue weighted by Crippen LogP contribution is -2.66. The Hall–Kier alpha value is -9.36. The van der Waals surface area contributed by atoms with Crippen LogP contribution in [0.4, 0.5) is 0 Å². The predicted molar refractivity (Wildman–Crippen MR) is 286 cm³/mol. The molecular weight excluding hydrogens is 921 g/mol. The molecule has 2 atom stereocenters. The van der Waals surface area contributed by atoms with Gasteiger partial charge in [0, 0.05) is 44.4 Å². The number of nitriles is 2. The summed E-state index contributed by atoms with van der Waals surface area (Å²) in [6, 6.07) is 68.9. The molecule has 73 heavy (non-hydrogen) atoms. The standard InChI is InChI=1S/C62H44N6O4Si/c1-69-47-27-23-41(24-28-47)57(39-63)71-73(72-58(40-64)42-25-29-48(70-2)30-26-42)67-53-35-36-54(67)61(45-19-11-5-12-20-45)51-33-34-52(66-51)62(46-21-13-6-14-22-46)56-38-37-55(68(56)73)60(44-17-9-4-10-18-44)50-32-31-49(65-50)59(53)43-15-7-3-8-16-43/h3-38,57-58H,1-2H3. The normalized spacial score (nSPS) is 17.1. The molecular formula is C62H44N6O4Si. The van der Waals surface area contributed by atoms with Gasteiger partial charge in [-0.05, 0) is 106 Å². The average molecular weight is 965 g/mol. The average Bonchev–Trinajstić information content (AvgIpc) is 4.30. The molecule has 0 N–H and O–H groups in total. The van der Waals surface area contributed by atoms with Crippen molar-refractivity contribution in [2.75, 3.05) is 14.2 Å². The number of aromatic nitrogens is 2. The van der Waals surface area contributed by atoms with Gasteiger partial charge in [0.25, 0.3) is 0 Å². The van der Waals surface area contributed by atoms with E-state index in [9.17, 15) is 10.5 Å². The molecule has 4 aliphatic heterocycles. The van der Waals surface area contributed by atoms with E-state index in [-0.39, 0.29) is 0 Å². The van der Waals surface area contributed by atoms with Gasteiger partial charge in [-0.3, -0.25) is 0 Å². The van der Waals surface area contributed by atoms with Gasteiger partial charge in [-0.25, -0.2) is 9.98 Å². The van der Waals surface area contributed by atoms with Crippen molar-refractivity contribution < 1.29 is 18.3 Å². The first-order valence-electron chi connectivity index (χ1n) is 23.9. The smallest absolute Gasteiger partial charge is 0.497 e. The summed E-state index contributed by atoms with van der Waals surface area (Å²) in [6.45, 7) is 0. The van der Waals surface area contributed by atoms with Gasteiger partial charge in [0.05, 0.1) is 49.2 Å². The van der Waals surface area contributed by atoms with Crippen LogP contribution in [0.15, 0.2) is 240 Å². The first kappa shape index (κ1) is 44.8. The third kappa shape index (κ3) is 7.73. The van der Waals surface area contributed by atoms with Crippen LogP contribution in [0, 0.1) is 22.7 Å². The van der Waals surface area contributed by atoms with Crippen LogP contribution in [0.1, 0.15) is 57.0 Å². The van der Waals surface area contributed by atoms with E-state index in [1.807, 2.05) is 121 Å². The highest BCUT2D eigenvalue weighted by atomic mass is 28.4. The van der Waals surface area contributed by atoms with E-state index in [4.69, 9.17) is 28.3 Å². The van der Waals surface area contributed by atoms with E-state index in [0.717, 1.165) is 44.5 Å². The summed E-state index contributed by atoms with van der Waals surface area (Å²) >= 11 is 0. The van der Waals surface area contributed by atoms with Crippen LogP contribution in [0.2, 0.25) is 0 Å². The third-order valence-electron chi connectivity index (χ3n) is 13.5. The van der Waals surface area contributed by atoms with Crippen LogP contribution in [0.25, 0.3) is 22.3 Å². The fourth-order valence-corrected chi connectivity index (χ4v) is 13.8. The summed E-state index contributed by atoms with van der Waals surface area (Å²) in [7, 11) is -1.74. The summed E-state index contributed by atoms with van der Waals surface area (Å²) < 4.78 is 31.6. The molecule has 6 aromatic carbocycles. The number of hydrogen-bond acceptors (Lipinski definition) is 8. The molecule has 8 aromatic rings. The minimum absolute atomic E-state index is 0.562. The summed E-state index contributed by atoms with van der Waals surface area (Å²) in [6.07, 6.45) is 5.73. The summed E-state index contributed by atoms with van der Waals surface area (Å²) in [5.41, 5.74) is 12.0. The molecule has 0 radical (unpaired) electrons. The van der Waals surface area contributed by atoms with Gasteiger partial charge >= 0.3 is 8.88 Å². The van der Waals surface area contributed by atoms with Crippen molar-refractivity contribution in [2.45, 2.75) is 12.2 Å². The number of methoxy groups -OCH3 is 2. The zero-order chi connectivity index (χ0) is 49.5. The van der Waals surface area contributed by atoms with Crippen LogP contribution < -0.4 is 20.2 Å². The second kappa shape index (κ2) is 18.8. The monoisotopic (exact) mass is 964 g/mol. The van der Waals surface area contributed by atoms with E-state index in [1.54, 1.807) is 14.2 Å². The fraction of sp³-hybridized carbons (Fsp3) is 0.0645. The number of aliphatic imine (C=N–C) groups is 2. The maximum atomic E-state index is 11.7. The van der Waals surface area contributed by atoms with Crippen molar-refractivity contribution in [1.29, 1.82) is 10.5 Å². The summed E-state index contributed by atoms with van der Waals surface area (Å²) in [5, 5.41) is 24.8. The lowest BCUT2D eigenvalue weighted by atomic mass is 10.0. The van der Waals surface area contributed by atoms with E-state index in [2.05, 4.69) is 118 Å². The van der Waals surface area contributed by atoms with Crippen molar-refractivity contribution in [1.82, 2.24) is 8.47 Å². The quantitative estimate of drug-likeness (QED) is 0.113. The predicted octanol–water partition coefficient (Wildman–Crippen LogP) is 10.7. The first-order valence-corrected chi connectivity index (χ1v) is 25.6.